The van der Waals surface area contributed by atoms with Gasteiger partial charge in [0, 0.05) is 10.9 Å². The van der Waals surface area contributed by atoms with Crippen LogP contribution in [0, 0.1) is 12.7 Å². The zero-order valence-corrected chi connectivity index (χ0v) is 8.44. The number of hydrogen-bond donors (Lipinski definition) is 1. The number of halogens is 1. The molecule has 14 heavy (non-hydrogen) atoms. The lowest BCUT2D eigenvalue weighted by atomic mass is 10.1. The van der Waals surface area contributed by atoms with Crippen LogP contribution in [-0.2, 0) is 0 Å². The number of phenolic OH excluding ortho intramolecular Hbond substituents is 1. The van der Waals surface area contributed by atoms with Gasteiger partial charge < -0.3 is 5.11 Å². The van der Waals surface area contributed by atoms with Crippen molar-refractivity contribution in [1.82, 2.24) is 0 Å². The number of aromatic hydroxyl groups is 1. The quantitative estimate of drug-likeness (QED) is 0.759. The normalized spacial score (nSPS) is 10.4. The van der Waals surface area contributed by atoms with E-state index in [0.29, 0.717) is 5.56 Å². The zero-order chi connectivity index (χ0) is 10.1. The molecule has 0 amide bonds. The van der Waals surface area contributed by atoms with Crippen LogP contribution in [0.2, 0.25) is 0 Å². The van der Waals surface area contributed by atoms with E-state index in [2.05, 4.69) is 0 Å². The second-order valence-corrected chi connectivity index (χ2v) is 4.26. The van der Waals surface area contributed by atoms with Gasteiger partial charge in [-0.2, -0.15) is 0 Å². The van der Waals surface area contributed by atoms with Gasteiger partial charge in [-0.1, -0.05) is 0 Å². The molecule has 0 radical (unpaired) electrons. The SMILES string of the molecule is Cc1cc(-c2cc(O)cc(F)c2)cs1. The molecule has 1 N–H and O–H groups in total. The van der Waals surface area contributed by atoms with Gasteiger partial charge in [-0.25, -0.2) is 4.39 Å². The Morgan fingerprint density at radius 2 is 1.93 bits per heavy atom. The molecular weight excluding hydrogens is 199 g/mol. The van der Waals surface area contributed by atoms with E-state index in [1.165, 1.54) is 10.9 Å². The van der Waals surface area contributed by atoms with E-state index in [1.54, 1.807) is 17.4 Å². The third-order valence-electron chi connectivity index (χ3n) is 1.95. The molecule has 1 nitrogen and oxygen atoms in total. The second kappa shape index (κ2) is 3.42. The van der Waals surface area contributed by atoms with Crippen molar-refractivity contribution in [3.8, 4) is 16.9 Å². The Labute approximate surface area is 85.5 Å². The van der Waals surface area contributed by atoms with Gasteiger partial charge in [-0.15, -0.1) is 11.3 Å². The fourth-order valence-corrected chi connectivity index (χ4v) is 2.05. The number of phenols is 1. The van der Waals surface area contributed by atoms with Gasteiger partial charge >= 0.3 is 0 Å². The van der Waals surface area contributed by atoms with Crippen molar-refractivity contribution in [3.63, 3.8) is 0 Å². The fraction of sp³-hybridized carbons (Fsp3) is 0.0909. The Morgan fingerprint density at radius 1 is 1.14 bits per heavy atom. The number of thiophene rings is 1. The van der Waals surface area contributed by atoms with Gasteiger partial charge in [-0.3, -0.25) is 0 Å². The summed E-state index contributed by atoms with van der Waals surface area (Å²) in [7, 11) is 0. The first kappa shape index (κ1) is 9.21. The van der Waals surface area contributed by atoms with Crippen molar-refractivity contribution < 1.29 is 9.50 Å². The molecule has 0 aliphatic carbocycles. The maximum atomic E-state index is 13.0. The van der Waals surface area contributed by atoms with Crippen molar-refractivity contribution in [2.45, 2.75) is 6.92 Å². The summed E-state index contributed by atoms with van der Waals surface area (Å²) in [6.45, 7) is 1.99. The molecule has 0 bridgehead atoms. The minimum Gasteiger partial charge on any atom is -0.508 e. The lowest BCUT2D eigenvalue weighted by Gasteiger charge is -1.99. The highest BCUT2D eigenvalue weighted by atomic mass is 32.1. The van der Waals surface area contributed by atoms with Gasteiger partial charge in [0.25, 0.3) is 0 Å². The number of hydrogen-bond acceptors (Lipinski definition) is 2. The van der Waals surface area contributed by atoms with E-state index in [0.717, 1.165) is 11.6 Å². The van der Waals surface area contributed by atoms with E-state index < -0.39 is 5.82 Å². The van der Waals surface area contributed by atoms with E-state index >= 15 is 0 Å². The second-order valence-electron chi connectivity index (χ2n) is 3.14. The fourth-order valence-electron chi connectivity index (χ4n) is 1.34. The molecule has 2 rings (SSSR count). The van der Waals surface area contributed by atoms with Crippen LogP contribution in [0.3, 0.4) is 0 Å². The number of aryl methyl sites for hydroxylation is 1. The van der Waals surface area contributed by atoms with Gasteiger partial charge in [-0.05, 0) is 41.6 Å². The number of benzene rings is 1. The average molecular weight is 208 g/mol. The molecular formula is C11H9FOS. The highest BCUT2D eigenvalue weighted by Crippen LogP contribution is 2.28. The van der Waals surface area contributed by atoms with Crippen LogP contribution >= 0.6 is 11.3 Å². The maximum absolute atomic E-state index is 13.0. The molecule has 0 spiro atoms. The van der Waals surface area contributed by atoms with Crippen molar-refractivity contribution >= 4 is 11.3 Å². The molecule has 1 heterocycles. The molecule has 0 atom stereocenters. The summed E-state index contributed by atoms with van der Waals surface area (Å²) < 4.78 is 13.0. The molecule has 72 valence electrons. The lowest BCUT2D eigenvalue weighted by molar-refractivity contribution is 0.469. The third kappa shape index (κ3) is 1.77. The smallest absolute Gasteiger partial charge is 0.127 e. The van der Waals surface area contributed by atoms with Crippen molar-refractivity contribution in [1.29, 1.82) is 0 Å². The van der Waals surface area contributed by atoms with E-state index in [1.807, 2.05) is 18.4 Å². The summed E-state index contributed by atoms with van der Waals surface area (Å²) in [5.74, 6) is -0.451. The Bertz CT molecular complexity index is 442. The Balaban J connectivity index is 2.51. The topological polar surface area (TPSA) is 20.2 Å². The monoisotopic (exact) mass is 208 g/mol. The van der Waals surface area contributed by atoms with Gasteiger partial charge in [0.1, 0.15) is 11.6 Å². The van der Waals surface area contributed by atoms with Crippen LogP contribution in [-0.4, -0.2) is 5.11 Å². The van der Waals surface area contributed by atoms with Gasteiger partial charge in [0.2, 0.25) is 0 Å². The van der Waals surface area contributed by atoms with Gasteiger partial charge in [0.15, 0.2) is 0 Å². The van der Waals surface area contributed by atoms with Crippen molar-refractivity contribution in [2.75, 3.05) is 0 Å². The van der Waals surface area contributed by atoms with Crippen LogP contribution < -0.4 is 0 Å². The maximum Gasteiger partial charge on any atom is 0.127 e. The van der Waals surface area contributed by atoms with Crippen molar-refractivity contribution in [3.05, 3.63) is 40.3 Å². The molecule has 0 saturated carbocycles. The highest BCUT2D eigenvalue weighted by Gasteiger charge is 2.03. The molecule has 0 aliphatic heterocycles. The predicted octanol–water partition coefficient (Wildman–Crippen LogP) is 3.57. The van der Waals surface area contributed by atoms with E-state index in [-0.39, 0.29) is 5.75 Å². The van der Waals surface area contributed by atoms with Crippen LogP contribution in [0.5, 0.6) is 5.75 Å². The molecule has 1 aromatic carbocycles. The molecule has 0 aliphatic rings. The van der Waals surface area contributed by atoms with Crippen LogP contribution in [0.1, 0.15) is 4.88 Å². The molecule has 3 heteroatoms. The minimum absolute atomic E-state index is 0.0381. The van der Waals surface area contributed by atoms with Gasteiger partial charge in [0.05, 0.1) is 0 Å². The minimum atomic E-state index is -0.413. The van der Waals surface area contributed by atoms with Crippen LogP contribution in [0.25, 0.3) is 11.1 Å². The summed E-state index contributed by atoms with van der Waals surface area (Å²) >= 11 is 1.61. The summed E-state index contributed by atoms with van der Waals surface area (Å²) in [5, 5.41) is 11.2. The van der Waals surface area contributed by atoms with Crippen LogP contribution in [0.4, 0.5) is 4.39 Å². The molecule has 0 saturated heterocycles. The molecule has 0 fully saturated rings. The van der Waals surface area contributed by atoms with E-state index in [9.17, 15) is 9.50 Å². The highest BCUT2D eigenvalue weighted by molar-refractivity contribution is 7.10. The zero-order valence-electron chi connectivity index (χ0n) is 7.62. The first-order chi connectivity index (χ1) is 6.65. The van der Waals surface area contributed by atoms with Crippen LogP contribution in [0.15, 0.2) is 29.6 Å². The summed E-state index contributed by atoms with van der Waals surface area (Å²) in [6, 6.07) is 6.05. The molecule has 0 unspecified atom stereocenters. The number of rotatable bonds is 1. The predicted molar refractivity (Wildman–Crippen MR) is 56.1 cm³/mol. The lowest BCUT2D eigenvalue weighted by Crippen LogP contribution is -1.78. The molecule has 2 aromatic rings. The van der Waals surface area contributed by atoms with Crippen molar-refractivity contribution in [2.24, 2.45) is 0 Å². The van der Waals surface area contributed by atoms with E-state index in [4.69, 9.17) is 0 Å². The Morgan fingerprint density at radius 3 is 2.50 bits per heavy atom. The third-order valence-corrected chi connectivity index (χ3v) is 2.81. The first-order valence-corrected chi connectivity index (χ1v) is 5.08. The summed E-state index contributed by atoms with van der Waals surface area (Å²) in [6.07, 6.45) is 0. The average Bonchev–Trinajstić information content (AvgIpc) is 2.50. The Kier molecular flexibility index (Phi) is 2.25. The molecule has 1 aromatic heterocycles. The summed E-state index contributed by atoms with van der Waals surface area (Å²) in [4.78, 5) is 1.17. The summed E-state index contributed by atoms with van der Waals surface area (Å²) in [5.41, 5.74) is 1.66. The first-order valence-electron chi connectivity index (χ1n) is 4.20. The standard InChI is InChI=1S/C11H9FOS/c1-7-2-9(6-14-7)8-3-10(12)5-11(13)4-8/h2-6,13H,1H3. The Hall–Kier alpha value is -1.35. The largest absolute Gasteiger partial charge is 0.508 e.